The summed E-state index contributed by atoms with van der Waals surface area (Å²) in [5.74, 6) is 0. The molecular formula is C3H6O3Si2. The van der Waals surface area contributed by atoms with Gasteiger partial charge in [0.25, 0.3) is 0 Å². The van der Waals surface area contributed by atoms with Crippen molar-refractivity contribution >= 4 is 23.6 Å². The molecule has 1 heterocycles. The highest BCUT2D eigenvalue weighted by Gasteiger charge is 1.85. The molecule has 3 nitrogen and oxygen atoms in total. The maximum atomic E-state index is 4.65. The van der Waals surface area contributed by atoms with Crippen LogP contribution in [0, 0.1) is 0 Å². The van der Waals surface area contributed by atoms with E-state index in [2.05, 4.69) is 20.2 Å². The first-order valence-electron chi connectivity index (χ1n) is 2.27. The molecule has 0 aromatic heterocycles. The first-order chi connectivity index (χ1) is 4.00. The minimum absolute atomic E-state index is 0.371. The van der Waals surface area contributed by atoms with E-state index < -0.39 is 9.28 Å². The molecule has 0 aromatic rings. The summed E-state index contributed by atoms with van der Waals surface area (Å²) in [7, 11) is -0.0484. The Labute approximate surface area is 51.3 Å². The molecule has 0 amide bonds. The summed E-state index contributed by atoms with van der Waals surface area (Å²) >= 11 is 0. The van der Waals surface area contributed by atoms with Crippen LogP contribution in [-0.4, -0.2) is 23.6 Å². The second-order valence-electron chi connectivity index (χ2n) is 1.21. The number of allylic oxidation sites excluding steroid dienone is 1. The van der Waals surface area contributed by atoms with Gasteiger partial charge in [0.2, 0.25) is 9.28 Å². The Morgan fingerprint density at radius 3 is 3.50 bits per heavy atom. The maximum absolute atomic E-state index is 4.65. The molecule has 5 heteroatoms. The number of hydrogen-bond acceptors (Lipinski definition) is 3. The van der Waals surface area contributed by atoms with Gasteiger partial charge < -0.3 is 4.89 Å². The van der Waals surface area contributed by atoms with Gasteiger partial charge in [0.05, 0.1) is 0 Å². The zero-order chi connectivity index (χ0) is 5.66. The molecule has 44 valence electrons. The van der Waals surface area contributed by atoms with Crippen LogP contribution in [0.4, 0.5) is 0 Å². The summed E-state index contributed by atoms with van der Waals surface area (Å²) in [6.07, 6.45) is 3.30. The molecule has 1 rings (SSSR count). The van der Waals surface area contributed by atoms with Crippen molar-refractivity contribution in [3.05, 3.63) is 12.3 Å². The fraction of sp³-hybridized carbons (Fsp3) is 0. The predicted molar refractivity (Wildman–Crippen MR) is 34.2 cm³/mol. The van der Waals surface area contributed by atoms with E-state index in [1.165, 1.54) is 6.26 Å². The Bertz CT molecular complexity index is 97.1. The predicted octanol–water partition coefficient (Wildman–Crippen LogP) is -1.37. The van der Waals surface area contributed by atoms with E-state index >= 15 is 0 Å². The van der Waals surface area contributed by atoms with Crippen LogP contribution in [0.1, 0.15) is 0 Å². The molecule has 0 saturated heterocycles. The van der Waals surface area contributed by atoms with Crippen molar-refractivity contribution < 1.29 is 14.5 Å². The van der Waals surface area contributed by atoms with E-state index in [9.17, 15) is 0 Å². The van der Waals surface area contributed by atoms with Crippen LogP contribution in [-0.2, 0) is 14.5 Å². The third-order valence-electron chi connectivity index (χ3n) is 0.633. The SMILES string of the molecule is C1=COOO[SiH2][SiH]=C1. The summed E-state index contributed by atoms with van der Waals surface area (Å²) in [5, 5.41) is 4.25. The van der Waals surface area contributed by atoms with Gasteiger partial charge in [-0.05, 0) is 11.1 Å². The van der Waals surface area contributed by atoms with Crippen LogP contribution >= 0.6 is 0 Å². The van der Waals surface area contributed by atoms with Crippen LogP contribution < -0.4 is 0 Å². The fourth-order valence-electron chi connectivity index (χ4n) is 0.329. The Balaban J connectivity index is 2.33. The van der Waals surface area contributed by atoms with Crippen molar-refractivity contribution in [2.75, 3.05) is 0 Å². The van der Waals surface area contributed by atoms with Crippen molar-refractivity contribution in [3.63, 3.8) is 0 Å². The minimum Gasteiger partial charge on any atom is -0.317 e. The second kappa shape index (κ2) is 3.73. The van der Waals surface area contributed by atoms with Crippen molar-refractivity contribution in [1.29, 1.82) is 0 Å². The first-order valence-corrected chi connectivity index (χ1v) is 6.78. The van der Waals surface area contributed by atoms with E-state index in [0.29, 0.717) is 8.65 Å². The molecule has 0 atom stereocenters. The zero-order valence-corrected chi connectivity index (χ0v) is 6.81. The van der Waals surface area contributed by atoms with Crippen molar-refractivity contribution in [2.45, 2.75) is 0 Å². The van der Waals surface area contributed by atoms with Crippen LogP contribution in [0.15, 0.2) is 12.3 Å². The molecule has 8 heavy (non-hydrogen) atoms. The summed E-state index contributed by atoms with van der Waals surface area (Å²) in [6.45, 7) is 0. The quantitative estimate of drug-likeness (QED) is 0.312. The van der Waals surface area contributed by atoms with Crippen LogP contribution in [0.25, 0.3) is 0 Å². The molecule has 0 radical (unpaired) electrons. The Hall–Kier alpha value is -0.236. The van der Waals surface area contributed by atoms with Crippen molar-refractivity contribution in [3.8, 4) is 0 Å². The molecule has 0 fully saturated rings. The lowest BCUT2D eigenvalue weighted by atomic mass is 10.7. The van der Waals surface area contributed by atoms with Crippen LogP contribution in [0.3, 0.4) is 0 Å². The van der Waals surface area contributed by atoms with Crippen molar-refractivity contribution in [1.82, 2.24) is 0 Å². The third kappa shape index (κ3) is 2.17. The van der Waals surface area contributed by atoms with E-state index in [0.717, 1.165) is 0 Å². The maximum Gasteiger partial charge on any atom is 0.216 e. The van der Waals surface area contributed by atoms with Crippen LogP contribution in [0.5, 0.6) is 0 Å². The fourth-order valence-corrected chi connectivity index (χ4v) is 2.08. The average molecular weight is 146 g/mol. The normalized spacial score (nSPS) is 22.0. The highest BCUT2D eigenvalue weighted by Crippen LogP contribution is 1.80. The molecular weight excluding hydrogens is 140 g/mol. The molecule has 0 aromatic carbocycles. The van der Waals surface area contributed by atoms with E-state index in [4.69, 9.17) is 0 Å². The third-order valence-corrected chi connectivity index (χ3v) is 3.35. The topological polar surface area (TPSA) is 27.7 Å². The highest BCUT2D eigenvalue weighted by atomic mass is 29.1. The summed E-state index contributed by atoms with van der Waals surface area (Å²) in [5.41, 5.74) is 2.08. The standard InChI is InChI=1S/C3H6O3Si2/c1-2-4-5-6-8-7-3-1/h1-3,7H,8H2. The van der Waals surface area contributed by atoms with Gasteiger partial charge in [-0.25, -0.2) is 0 Å². The molecule has 0 unspecified atom stereocenters. The molecule has 0 aliphatic carbocycles. The summed E-state index contributed by atoms with van der Waals surface area (Å²) in [4.78, 5) is 4.39. The van der Waals surface area contributed by atoms with Gasteiger partial charge >= 0.3 is 0 Å². The molecule has 0 N–H and O–H groups in total. The Morgan fingerprint density at radius 1 is 1.50 bits per heavy atom. The molecule has 0 bridgehead atoms. The summed E-state index contributed by atoms with van der Waals surface area (Å²) < 4.78 is 4.65. The van der Waals surface area contributed by atoms with Crippen LogP contribution in [0.2, 0.25) is 0 Å². The lowest BCUT2D eigenvalue weighted by molar-refractivity contribution is -0.441. The lowest BCUT2D eigenvalue weighted by Crippen LogP contribution is -2.05. The van der Waals surface area contributed by atoms with Gasteiger partial charge in [0.15, 0.2) is 0 Å². The number of rotatable bonds is 0. The molecule has 1 aliphatic heterocycles. The van der Waals surface area contributed by atoms with Crippen molar-refractivity contribution in [2.24, 2.45) is 0 Å². The summed E-state index contributed by atoms with van der Waals surface area (Å²) in [6, 6.07) is 0. The zero-order valence-electron chi connectivity index (χ0n) is 4.24. The molecule has 0 saturated carbocycles. The Kier molecular flexibility index (Phi) is 2.75. The lowest BCUT2D eigenvalue weighted by Gasteiger charge is -1.97. The molecule has 1 aliphatic rings. The second-order valence-corrected chi connectivity index (χ2v) is 5.05. The van der Waals surface area contributed by atoms with E-state index in [-0.39, 0.29) is 0 Å². The van der Waals surface area contributed by atoms with Gasteiger partial charge in [-0.1, -0.05) is 5.67 Å². The molecule has 0 spiro atoms. The monoisotopic (exact) mass is 146 g/mol. The van der Waals surface area contributed by atoms with Gasteiger partial charge in [0.1, 0.15) is 6.26 Å². The average Bonchev–Trinajstić information content (AvgIpc) is 1.62. The number of hydrogen-bond donors (Lipinski definition) is 0. The van der Waals surface area contributed by atoms with Gasteiger partial charge in [0, 0.05) is 8.65 Å². The van der Waals surface area contributed by atoms with E-state index in [1.807, 2.05) is 6.08 Å². The Morgan fingerprint density at radius 2 is 2.50 bits per heavy atom. The van der Waals surface area contributed by atoms with Gasteiger partial charge in [-0.3, -0.25) is 4.58 Å². The minimum atomic E-state index is -0.419. The van der Waals surface area contributed by atoms with Gasteiger partial charge in [-0.15, -0.1) is 0 Å². The smallest absolute Gasteiger partial charge is 0.216 e. The van der Waals surface area contributed by atoms with E-state index in [1.54, 1.807) is 0 Å². The van der Waals surface area contributed by atoms with Gasteiger partial charge in [-0.2, -0.15) is 0 Å². The highest BCUT2D eigenvalue weighted by molar-refractivity contribution is 6.99. The first kappa shape index (κ1) is 5.89. The largest absolute Gasteiger partial charge is 0.317 e.